The van der Waals surface area contributed by atoms with Crippen molar-refractivity contribution in [1.29, 1.82) is 0 Å². The van der Waals surface area contributed by atoms with Crippen LogP contribution in [0.4, 0.5) is 17.2 Å². The third-order valence-electron chi connectivity index (χ3n) is 8.06. The van der Waals surface area contributed by atoms with Gasteiger partial charge >= 0.3 is 0 Å². The molecule has 1 aromatic heterocycles. The van der Waals surface area contributed by atoms with Gasteiger partial charge in [-0.2, -0.15) is 0 Å². The SMILES string of the molecule is Nc1noc2ccc(N3CC(C(=O)N4CCCC4)CNCC3C(=O)Nc3ccc(-c4ccccc4S(N)(=O)=O)cc3)cc12. The Bertz CT molecular complexity index is 1770. The van der Waals surface area contributed by atoms with Gasteiger partial charge in [-0.25, -0.2) is 13.6 Å². The lowest BCUT2D eigenvalue weighted by Gasteiger charge is -2.33. The van der Waals surface area contributed by atoms with Crippen LogP contribution in [0.15, 0.2) is 76.1 Å². The van der Waals surface area contributed by atoms with Crippen molar-refractivity contribution in [2.75, 3.05) is 48.7 Å². The molecule has 0 bridgehead atoms. The van der Waals surface area contributed by atoms with Crippen molar-refractivity contribution in [3.05, 3.63) is 66.7 Å². The lowest BCUT2D eigenvalue weighted by atomic mass is 10.0. The van der Waals surface area contributed by atoms with Gasteiger partial charge in [0.05, 0.1) is 16.2 Å². The minimum Gasteiger partial charge on any atom is -0.380 e. The van der Waals surface area contributed by atoms with Crippen LogP contribution in [0.25, 0.3) is 22.1 Å². The molecule has 0 spiro atoms. The molecule has 2 amide bonds. The van der Waals surface area contributed by atoms with Gasteiger partial charge in [-0.15, -0.1) is 0 Å². The van der Waals surface area contributed by atoms with Crippen molar-refractivity contribution in [3.63, 3.8) is 0 Å². The first-order chi connectivity index (χ1) is 20.7. The molecule has 12 nitrogen and oxygen atoms in total. The Balaban J connectivity index is 1.27. The fourth-order valence-electron chi connectivity index (χ4n) is 5.85. The summed E-state index contributed by atoms with van der Waals surface area (Å²) in [7, 11) is -3.92. The Kier molecular flexibility index (Phi) is 7.77. The number of nitrogen functional groups attached to an aromatic ring is 1. The molecule has 2 saturated heterocycles. The predicted molar refractivity (Wildman–Crippen MR) is 164 cm³/mol. The largest absolute Gasteiger partial charge is 0.380 e. The van der Waals surface area contributed by atoms with E-state index in [1.165, 1.54) is 6.07 Å². The summed E-state index contributed by atoms with van der Waals surface area (Å²) in [6.07, 6.45) is 1.99. The van der Waals surface area contributed by atoms with E-state index in [0.29, 0.717) is 47.4 Å². The number of carbonyl (C=O) groups excluding carboxylic acids is 2. The Morgan fingerprint density at radius 2 is 1.74 bits per heavy atom. The average Bonchev–Trinajstić information content (AvgIpc) is 3.61. The molecule has 0 aliphatic carbocycles. The number of benzene rings is 3. The van der Waals surface area contributed by atoms with Crippen LogP contribution in [0.2, 0.25) is 0 Å². The molecule has 2 unspecified atom stereocenters. The first kappa shape index (κ1) is 28.6. The fraction of sp³-hybridized carbons (Fsp3) is 0.300. The van der Waals surface area contributed by atoms with Gasteiger partial charge in [-0.3, -0.25) is 9.59 Å². The van der Waals surface area contributed by atoms with Gasteiger partial charge in [0.25, 0.3) is 0 Å². The summed E-state index contributed by atoms with van der Waals surface area (Å²) in [6, 6.07) is 18.2. The van der Waals surface area contributed by atoms with E-state index in [9.17, 15) is 18.0 Å². The van der Waals surface area contributed by atoms with Gasteiger partial charge < -0.3 is 30.7 Å². The number of aromatic nitrogens is 1. The standard InChI is InChI=1S/C30H33N7O5S/c31-28-24-15-22(11-12-26(24)42-35-28)37-18-20(30(39)36-13-3-4-14-36)16-33-17-25(37)29(38)34-21-9-7-19(8-10-21)23-5-1-2-6-27(23)43(32,40)41/h1-2,5-12,15,20,25,33H,3-4,13-14,16-18H2,(H2,31,35)(H,34,38)(H2,32,40,41). The number of primary sulfonamides is 1. The number of anilines is 3. The Hall–Kier alpha value is -4.46. The predicted octanol–water partition coefficient (Wildman–Crippen LogP) is 2.38. The van der Waals surface area contributed by atoms with E-state index in [4.69, 9.17) is 15.4 Å². The third-order valence-corrected chi connectivity index (χ3v) is 9.03. The summed E-state index contributed by atoms with van der Waals surface area (Å²) in [6.45, 7) is 2.60. The zero-order valence-corrected chi connectivity index (χ0v) is 24.2. The van der Waals surface area contributed by atoms with Crippen LogP contribution >= 0.6 is 0 Å². The Morgan fingerprint density at radius 1 is 1.00 bits per heavy atom. The molecule has 2 fully saturated rings. The highest BCUT2D eigenvalue weighted by Crippen LogP contribution is 2.31. The molecule has 6 N–H and O–H groups in total. The van der Waals surface area contributed by atoms with Crippen molar-refractivity contribution < 1.29 is 22.5 Å². The highest BCUT2D eigenvalue weighted by atomic mass is 32.2. The van der Waals surface area contributed by atoms with Gasteiger partial charge in [0, 0.05) is 49.7 Å². The number of hydrogen-bond acceptors (Lipinski definition) is 9. The number of amides is 2. The van der Waals surface area contributed by atoms with Crippen molar-refractivity contribution in [2.24, 2.45) is 11.1 Å². The zero-order chi connectivity index (χ0) is 30.1. The molecule has 13 heteroatoms. The van der Waals surface area contributed by atoms with Crippen LogP contribution in [0.3, 0.4) is 0 Å². The number of likely N-dealkylation sites (tertiary alicyclic amines) is 1. The Morgan fingerprint density at radius 3 is 2.49 bits per heavy atom. The van der Waals surface area contributed by atoms with E-state index in [1.807, 2.05) is 21.9 Å². The molecule has 43 heavy (non-hydrogen) atoms. The highest BCUT2D eigenvalue weighted by Gasteiger charge is 2.36. The lowest BCUT2D eigenvalue weighted by molar-refractivity contribution is -0.134. The average molecular weight is 604 g/mol. The number of sulfonamides is 1. The second-order valence-electron chi connectivity index (χ2n) is 10.9. The molecule has 6 rings (SSSR count). The Labute approximate surface area is 249 Å². The molecule has 0 radical (unpaired) electrons. The smallest absolute Gasteiger partial charge is 0.248 e. The van der Waals surface area contributed by atoms with E-state index in [-0.39, 0.29) is 28.4 Å². The first-order valence-electron chi connectivity index (χ1n) is 14.1. The van der Waals surface area contributed by atoms with Crippen molar-refractivity contribution in [2.45, 2.75) is 23.8 Å². The number of carbonyl (C=O) groups is 2. The van der Waals surface area contributed by atoms with Crippen LogP contribution < -0.4 is 26.4 Å². The van der Waals surface area contributed by atoms with Crippen LogP contribution in [-0.4, -0.2) is 69.1 Å². The first-order valence-corrected chi connectivity index (χ1v) is 15.7. The van der Waals surface area contributed by atoms with Gasteiger partial charge in [-0.1, -0.05) is 35.5 Å². The van der Waals surface area contributed by atoms with Crippen LogP contribution in [-0.2, 0) is 19.6 Å². The van der Waals surface area contributed by atoms with Crippen LogP contribution in [0, 0.1) is 5.92 Å². The normalized spacial score (nSPS) is 19.4. The maximum atomic E-state index is 13.8. The topological polar surface area (TPSA) is 177 Å². The minimum absolute atomic E-state index is 0.0235. The molecule has 3 heterocycles. The zero-order valence-electron chi connectivity index (χ0n) is 23.4. The van der Waals surface area contributed by atoms with Crippen LogP contribution in [0.1, 0.15) is 12.8 Å². The van der Waals surface area contributed by atoms with E-state index in [2.05, 4.69) is 15.8 Å². The molecule has 2 aliphatic rings. The van der Waals surface area contributed by atoms with E-state index in [1.54, 1.807) is 48.5 Å². The number of rotatable bonds is 6. The van der Waals surface area contributed by atoms with E-state index < -0.39 is 16.1 Å². The van der Waals surface area contributed by atoms with Crippen molar-refractivity contribution >= 4 is 50.0 Å². The third kappa shape index (κ3) is 5.91. The molecule has 224 valence electrons. The molecule has 2 atom stereocenters. The lowest BCUT2D eigenvalue weighted by Crippen LogP contribution is -2.49. The van der Waals surface area contributed by atoms with Gasteiger partial charge in [0.2, 0.25) is 21.8 Å². The maximum absolute atomic E-state index is 13.8. The van der Waals surface area contributed by atoms with Crippen LogP contribution in [0.5, 0.6) is 0 Å². The molecule has 0 saturated carbocycles. The number of nitrogens with two attached hydrogens (primary N) is 2. The molecule has 2 aliphatic heterocycles. The van der Waals surface area contributed by atoms with Crippen molar-refractivity contribution in [3.8, 4) is 11.1 Å². The second-order valence-corrected chi connectivity index (χ2v) is 12.4. The van der Waals surface area contributed by atoms with Gasteiger partial charge in [0.15, 0.2) is 11.4 Å². The van der Waals surface area contributed by atoms with Gasteiger partial charge in [-0.05, 0) is 54.8 Å². The highest BCUT2D eigenvalue weighted by molar-refractivity contribution is 7.89. The van der Waals surface area contributed by atoms with E-state index >= 15 is 0 Å². The second kappa shape index (κ2) is 11.7. The van der Waals surface area contributed by atoms with E-state index in [0.717, 1.165) is 31.6 Å². The minimum atomic E-state index is -3.92. The summed E-state index contributed by atoms with van der Waals surface area (Å²) in [5, 5.41) is 16.2. The number of hydrogen-bond donors (Lipinski definition) is 4. The quantitative estimate of drug-likeness (QED) is 0.258. The van der Waals surface area contributed by atoms with Gasteiger partial charge in [0.1, 0.15) is 6.04 Å². The summed E-state index contributed by atoms with van der Waals surface area (Å²) in [5.74, 6) is -0.279. The monoisotopic (exact) mass is 603 g/mol. The van der Waals surface area contributed by atoms with Crippen molar-refractivity contribution in [1.82, 2.24) is 15.4 Å². The summed E-state index contributed by atoms with van der Waals surface area (Å²) < 4.78 is 29.4. The molecular weight excluding hydrogens is 570 g/mol. The maximum Gasteiger partial charge on any atom is 0.248 e. The number of fused-ring (bicyclic) bond motifs is 1. The summed E-state index contributed by atoms with van der Waals surface area (Å²) >= 11 is 0. The molecule has 3 aromatic carbocycles. The molecule has 4 aromatic rings. The summed E-state index contributed by atoms with van der Waals surface area (Å²) in [5.41, 5.74) is 8.94. The number of nitrogens with zero attached hydrogens (tertiary/aromatic N) is 3. The fourth-order valence-corrected chi connectivity index (χ4v) is 6.61. The summed E-state index contributed by atoms with van der Waals surface area (Å²) in [4.78, 5) is 31.1. The number of nitrogens with one attached hydrogen (secondary N) is 2. The molecular formula is C30H33N7O5S.